The lowest BCUT2D eigenvalue weighted by molar-refractivity contribution is 0.0524. The summed E-state index contributed by atoms with van der Waals surface area (Å²) in [5.41, 5.74) is 1.74. The summed E-state index contributed by atoms with van der Waals surface area (Å²) in [6.45, 7) is 6.15. The molecule has 2 heterocycles. The number of hydrogen-bond donors (Lipinski definition) is 0. The lowest BCUT2D eigenvalue weighted by atomic mass is 10.1. The van der Waals surface area contributed by atoms with E-state index < -0.39 is 9.84 Å². The Morgan fingerprint density at radius 1 is 1.13 bits per heavy atom. The molecule has 166 valence electrons. The predicted octanol–water partition coefficient (Wildman–Crippen LogP) is 2.85. The molecule has 31 heavy (non-hydrogen) atoms. The summed E-state index contributed by atoms with van der Waals surface area (Å²) in [6, 6.07) is 6.36. The highest BCUT2D eigenvalue weighted by molar-refractivity contribution is 7.90. The van der Waals surface area contributed by atoms with E-state index in [1.807, 2.05) is 13.8 Å². The minimum absolute atomic E-state index is 0.202. The van der Waals surface area contributed by atoms with E-state index in [1.165, 1.54) is 39.0 Å². The van der Waals surface area contributed by atoms with Gasteiger partial charge in [-0.1, -0.05) is 26.0 Å². The summed E-state index contributed by atoms with van der Waals surface area (Å²) in [5.74, 6) is -0.370. The molecule has 0 radical (unpaired) electrons. The number of aryl methyl sites for hydroxylation is 1. The maximum Gasteiger partial charge on any atom is 0.351 e. The van der Waals surface area contributed by atoms with E-state index in [0.29, 0.717) is 23.4 Å². The molecule has 0 aliphatic rings. The maximum absolute atomic E-state index is 13.0. The SMILES string of the molecule is CCOC(=O)c1c(CC)sc(-n2cnn(Cc3ccc(S(C)(=O)=O)cc3)c2=O)c1CC. The third kappa shape index (κ3) is 4.64. The number of benzene rings is 1. The summed E-state index contributed by atoms with van der Waals surface area (Å²) < 4.78 is 31.2. The number of ether oxygens (including phenoxy) is 1. The molecule has 0 spiro atoms. The highest BCUT2D eigenvalue weighted by atomic mass is 32.2. The first-order chi connectivity index (χ1) is 14.7. The van der Waals surface area contributed by atoms with Gasteiger partial charge >= 0.3 is 11.7 Å². The number of aromatic nitrogens is 3. The fourth-order valence-electron chi connectivity index (χ4n) is 3.32. The fourth-order valence-corrected chi connectivity index (χ4v) is 5.23. The van der Waals surface area contributed by atoms with Crippen molar-refractivity contribution in [2.75, 3.05) is 12.9 Å². The molecule has 0 aliphatic carbocycles. The molecule has 0 bridgehead atoms. The van der Waals surface area contributed by atoms with Crippen LogP contribution in [-0.2, 0) is 34.0 Å². The molecule has 8 nitrogen and oxygen atoms in total. The Hall–Kier alpha value is -2.72. The van der Waals surface area contributed by atoms with Crippen LogP contribution in [0.15, 0.2) is 40.3 Å². The highest BCUT2D eigenvalue weighted by Gasteiger charge is 2.25. The Bertz CT molecular complexity index is 1250. The number of hydrogen-bond acceptors (Lipinski definition) is 7. The van der Waals surface area contributed by atoms with Crippen LogP contribution in [0.25, 0.3) is 5.00 Å². The van der Waals surface area contributed by atoms with Crippen LogP contribution >= 0.6 is 11.3 Å². The van der Waals surface area contributed by atoms with E-state index >= 15 is 0 Å². The summed E-state index contributed by atoms with van der Waals surface area (Å²) in [4.78, 5) is 26.6. The molecule has 0 saturated heterocycles. The standard InChI is InChI=1S/C21H25N3O5S2/c1-5-16-18(20(25)29-7-3)17(6-2)30-19(16)23-13-22-24(21(23)26)12-14-8-10-15(11-9-14)31(4,27)28/h8-11,13H,5-7,12H2,1-4H3. The maximum atomic E-state index is 13.0. The van der Waals surface area contributed by atoms with Crippen LogP contribution < -0.4 is 5.69 Å². The second-order valence-electron chi connectivity index (χ2n) is 6.97. The Balaban J connectivity index is 1.98. The molecular formula is C21H25N3O5S2. The van der Waals surface area contributed by atoms with Crippen molar-refractivity contribution in [1.29, 1.82) is 0 Å². The van der Waals surface area contributed by atoms with Gasteiger partial charge in [0, 0.05) is 16.7 Å². The van der Waals surface area contributed by atoms with Crippen molar-refractivity contribution in [3.05, 3.63) is 62.6 Å². The van der Waals surface area contributed by atoms with Gasteiger partial charge in [-0.15, -0.1) is 11.3 Å². The van der Waals surface area contributed by atoms with Gasteiger partial charge in [0.25, 0.3) is 0 Å². The van der Waals surface area contributed by atoms with Gasteiger partial charge in [-0.05, 0) is 37.5 Å². The molecule has 0 N–H and O–H groups in total. The lowest BCUT2D eigenvalue weighted by Crippen LogP contribution is -2.24. The molecule has 10 heteroatoms. The zero-order chi connectivity index (χ0) is 22.8. The Morgan fingerprint density at radius 2 is 1.81 bits per heavy atom. The molecule has 0 unspecified atom stereocenters. The summed E-state index contributed by atoms with van der Waals surface area (Å²) >= 11 is 1.40. The van der Waals surface area contributed by atoms with Crippen molar-refractivity contribution in [2.24, 2.45) is 0 Å². The van der Waals surface area contributed by atoms with E-state index in [2.05, 4.69) is 5.10 Å². The van der Waals surface area contributed by atoms with E-state index in [1.54, 1.807) is 19.1 Å². The van der Waals surface area contributed by atoms with Gasteiger partial charge in [0.2, 0.25) is 0 Å². The number of esters is 1. The van der Waals surface area contributed by atoms with Crippen molar-refractivity contribution in [1.82, 2.24) is 14.3 Å². The van der Waals surface area contributed by atoms with E-state index in [0.717, 1.165) is 22.3 Å². The van der Waals surface area contributed by atoms with Gasteiger partial charge in [-0.25, -0.2) is 27.3 Å². The molecule has 3 aromatic rings. The number of thiophene rings is 1. The molecule has 3 rings (SSSR count). The van der Waals surface area contributed by atoms with Gasteiger partial charge in [-0.2, -0.15) is 5.10 Å². The first kappa shape index (κ1) is 23.0. The number of sulfone groups is 1. The largest absolute Gasteiger partial charge is 0.462 e. The van der Waals surface area contributed by atoms with Gasteiger partial charge in [0.05, 0.1) is 23.6 Å². The van der Waals surface area contributed by atoms with Crippen LogP contribution in [0.1, 0.15) is 47.1 Å². The minimum atomic E-state index is -3.28. The van der Waals surface area contributed by atoms with Crippen molar-refractivity contribution >= 4 is 27.1 Å². The average Bonchev–Trinajstić information content (AvgIpc) is 3.28. The van der Waals surface area contributed by atoms with Gasteiger partial charge < -0.3 is 4.74 Å². The Morgan fingerprint density at radius 3 is 2.35 bits per heavy atom. The zero-order valence-corrected chi connectivity index (χ0v) is 19.5. The highest BCUT2D eigenvalue weighted by Crippen LogP contribution is 2.32. The molecule has 1 aromatic carbocycles. The van der Waals surface area contributed by atoms with Gasteiger partial charge in [-0.3, -0.25) is 0 Å². The molecule has 0 amide bonds. The van der Waals surface area contributed by atoms with Crippen LogP contribution in [0, 0.1) is 0 Å². The number of rotatable bonds is 8. The summed E-state index contributed by atoms with van der Waals surface area (Å²) in [6.07, 6.45) is 3.83. The Kier molecular flexibility index (Phi) is 6.80. The third-order valence-corrected chi connectivity index (χ3v) is 7.35. The van der Waals surface area contributed by atoms with Crippen LogP contribution in [0.4, 0.5) is 0 Å². The van der Waals surface area contributed by atoms with Gasteiger partial charge in [0.1, 0.15) is 11.3 Å². The smallest absolute Gasteiger partial charge is 0.351 e. The first-order valence-corrected chi connectivity index (χ1v) is 12.7. The zero-order valence-electron chi connectivity index (χ0n) is 17.9. The van der Waals surface area contributed by atoms with E-state index in [4.69, 9.17) is 4.74 Å². The second-order valence-corrected chi connectivity index (χ2v) is 10.1. The van der Waals surface area contributed by atoms with Crippen molar-refractivity contribution in [3.8, 4) is 5.00 Å². The van der Waals surface area contributed by atoms with Gasteiger partial charge in [0.15, 0.2) is 9.84 Å². The van der Waals surface area contributed by atoms with E-state index in [9.17, 15) is 18.0 Å². The molecular weight excluding hydrogens is 438 g/mol. The summed E-state index contributed by atoms with van der Waals surface area (Å²) in [7, 11) is -3.28. The number of nitrogens with zero attached hydrogens (tertiary/aromatic N) is 3. The fraction of sp³-hybridized carbons (Fsp3) is 0.381. The lowest BCUT2D eigenvalue weighted by Gasteiger charge is -2.06. The van der Waals surface area contributed by atoms with E-state index in [-0.39, 0.29) is 29.7 Å². The predicted molar refractivity (Wildman–Crippen MR) is 119 cm³/mol. The number of carbonyl (C=O) groups is 1. The Labute approximate surface area is 185 Å². The average molecular weight is 464 g/mol. The monoisotopic (exact) mass is 463 g/mol. The van der Waals surface area contributed by atoms with Crippen LogP contribution in [0.5, 0.6) is 0 Å². The molecule has 0 fully saturated rings. The third-order valence-electron chi connectivity index (χ3n) is 4.85. The van der Waals surface area contributed by atoms with Crippen LogP contribution in [0.2, 0.25) is 0 Å². The first-order valence-electron chi connectivity index (χ1n) is 9.96. The quantitative estimate of drug-likeness (QED) is 0.476. The van der Waals surface area contributed by atoms with Crippen molar-refractivity contribution in [3.63, 3.8) is 0 Å². The van der Waals surface area contributed by atoms with Crippen LogP contribution in [-0.4, -0.2) is 41.6 Å². The second kappa shape index (κ2) is 9.19. The minimum Gasteiger partial charge on any atom is -0.462 e. The molecule has 2 aromatic heterocycles. The molecule has 0 atom stereocenters. The molecule has 0 saturated carbocycles. The number of carbonyl (C=O) groups excluding carboxylic acids is 1. The van der Waals surface area contributed by atoms with Crippen molar-refractivity contribution in [2.45, 2.75) is 45.1 Å². The van der Waals surface area contributed by atoms with Crippen LogP contribution in [0.3, 0.4) is 0 Å². The summed E-state index contributed by atoms with van der Waals surface area (Å²) in [5, 5.41) is 4.89. The van der Waals surface area contributed by atoms with Crippen molar-refractivity contribution < 1.29 is 17.9 Å². The normalized spacial score (nSPS) is 11.6. The topological polar surface area (TPSA) is 100 Å². The molecule has 0 aliphatic heterocycles.